The Hall–Kier alpha value is -0.260. The first-order valence-electron chi connectivity index (χ1n) is 4.52. The lowest BCUT2D eigenvalue weighted by Gasteiger charge is -1.91. The van der Waals surface area contributed by atoms with Gasteiger partial charge < -0.3 is 0 Å². The van der Waals surface area contributed by atoms with Crippen molar-refractivity contribution in [1.29, 1.82) is 0 Å². The zero-order chi connectivity index (χ0) is 8.24. The fourth-order valence-electron chi connectivity index (χ4n) is 0.715. The lowest BCUT2D eigenvalue weighted by atomic mass is 10.2. The molecule has 0 saturated carbocycles. The van der Waals surface area contributed by atoms with Crippen molar-refractivity contribution in [1.82, 2.24) is 0 Å². The molecule has 0 aliphatic carbocycles. The van der Waals surface area contributed by atoms with Crippen LogP contribution in [0, 0.1) is 0 Å². The number of unbranched alkanes of at least 4 members (excludes halogenated alkanes) is 4. The SMILES string of the molecule is C=CCCCCCC.CC. The van der Waals surface area contributed by atoms with E-state index in [2.05, 4.69) is 13.5 Å². The van der Waals surface area contributed by atoms with E-state index in [4.69, 9.17) is 0 Å². The third kappa shape index (κ3) is 15.6. The smallest absolute Gasteiger partial charge is 0.0353 e. The van der Waals surface area contributed by atoms with Crippen LogP contribution in [-0.4, -0.2) is 0 Å². The quantitative estimate of drug-likeness (QED) is 0.399. The molecule has 0 atom stereocenters. The van der Waals surface area contributed by atoms with E-state index in [9.17, 15) is 0 Å². The molecule has 10 heavy (non-hydrogen) atoms. The Balaban J connectivity index is 0. The Bertz CT molecular complexity index is 46.0. The second kappa shape index (κ2) is 15.9. The van der Waals surface area contributed by atoms with Crippen LogP contribution >= 0.6 is 0 Å². The van der Waals surface area contributed by atoms with Crippen molar-refractivity contribution in [2.45, 2.75) is 52.9 Å². The molecule has 0 heterocycles. The van der Waals surface area contributed by atoms with Crippen molar-refractivity contribution in [3.05, 3.63) is 12.7 Å². The monoisotopic (exact) mass is 142 g/mol. The Morgan fingerprint density at radius 3 is 2.10 bits per heavy atom. The zero-order valence-electron chi connectivity index (χ0n) is 7.82. The lowest BCUT2D eigenvalue weighted by Crippen LogP contribution is -1.71. The van der Waals surface area contributed by atoms with Gasteiger partial charge in [0.2, 0.25) is 0 Å². The van der Waals surface area contributed by atoms with Gasteiger partial charge in [-0.05, 0) is 12.8 Å². The summed E-state index contributed by atoms with van der Waals surface area (Å²) in [5.74, 6) is 0. The van der Waals surface area contributed by atoms with E-state index in [0.717, 1.165) is 0 Å². The third-order valence-electron chi connectivity index (χ3n) is 1.26. The van der Waals surface area contributed by atoms with Crippen molar-refractivity contribution in [2.75, 3.05) is 0 Å². The number of hydrogen-bond donors (Lipinski definition) is 0. The van der Waals surface area contributed by atoms with E-state index in [-0.39, 0.29) is 0 Å². The Morgan fingerprint density at radius 1 is 1.10 bits per heavy atom. The molecule has 0 radical (unpaired) electrons. The van der Waals surface area contributed by atoms with Crippen molar-refractivity contribution >= 4 is 0 Å². The summed E-state index contributed by atoms with van der Waals surface area (Å²) >= 11 is 0. The zero-order valence-corrected chi connectivity index (χ0v) is 7.82. The Morgan fingerprint density at radius 2 is 1.70 bits per heavy atom. The predicted octanol–water partition coefficient (Wildman–Crippen LogP) is 4.17. The molecule has 0 spiro atoms. The highest BCUT2D eigenvalue weighted by Crippen LogP contribution is 2.01. The van der Waals surface area contributed by atoms with Crippen LogP contribution in [0.15, 0.2) is 12.7 Å². The van der Waals surface area contributed by atoms with Gasteiger partial charge in [-0.2, -0.15) is 0 Å². The number of rotatable bonds is 5. The summed E-state index contributed by atoms with van der Waals surface area (Å²) in [6, 6.07) is 0. The molecule has 0 heteroatoms. The summed E-state index contributed by atoms with van der Waals surface area (Å²) in [5.41, 5.74) is 0. The van der Waals surface area contributed by atoms with Gasteiger partial charge in [-0.1, -0.05) is 46.1 Å². The molecule has 0 unspecified atom stereocenters. The molecule has 0 aliphatic heterocycles. The predicted molar refractivity (Wildman–Crippen MR) is 50.3 cm³/mol. The molecule has 0 aromatic heterocycles. The molecule has 0 aromatic rings. The maximum absolute atomic E-state index is 3.66. The summed E-state index contributed by atoms with van der Waals surface area (Å²) in [7, 11) is 0. The van der Waals surface area contributed by atoms with Crippen molar-refractivity contribution in [3.8, 4) is 0 Å². The molecule has 0 amide bonds. The highest BCUT2D eigenvalue weighted by atomic mass is 13.9. The average Bonchev–Trinajstić information content (AvgIpc) is 2.02. The second-order valence-electron chi connectivity index (χ2n) is 2.14. The van der Waals surface area contributed by atoms with Crippen LogP contribution in [-0.2, 0) is 0 Å². The maximum atomic E-state index is 3.66. The number of hydrogen-bond acceptors (Lipinski definition) is 0. The van der Waals surface area contributed by atoms with Crippen LogP contribution in [0.2, 0.25) is 0 Å². The molecule has 0 saturated heterocycles. The Kier molecular flexibility index (Phi) is 19.7. The van der Waals surface area contributed by atoms with E-state index >= 15 is 0 Å². The van der Waals surface area contributed by atoms with Crippen LogP contribution in [0.1, 0.15) is 52.9 Å². The van der Waals surface area contributed by atoms with Gasteiger partial charge in [0, 0.05) is 0 Å². The second-order valence-corrected chi connectivity index (χ2v) is 2.14. The van der Waals surface area contributed by atoms with Crippen molar-refractivity contribution < 1.29 is 0 Å². The molecule has 0 aliphatic rings. The van der Waals surface area contributed by atoms with Gasteiger partial charge in [-0.15, -0.1) is 6.58 Å². The van der Waals surface area contributed by atoms with Crippen LogP contribution < -0.4 is 0 Å². The van der Waals surface area contributed by atoms with Gasteiger partial charge in [-0.25, -0.2) is 0 Å². The van der Waals surface area contributed by atoms with Gasteiger partial charge in [-0.3, -0.25) is 0 Å². The summed E-state index contributed by atoms with van der Waals surface area (Å²) in [6.45, 7) is 9.89. The molecule has 0 fully saturated rings. The normalized spacial score (nSPS) is 7.90. The van der Waals surface area contributed by atoms with E-state index in [1.807, 2.05) is 19.9 Å². The van der Waals surface area contributed by atoms with E-state index in [0.29, 0.717) is 0 Å². The molecule has 0 bridgehead atoms. The average molecular weight is 142 g/mol. The van der Waals surface area contributed by atoms with E-state index < -0.39 is 0 Å². The largest absolute Gasteiger partial charge is 0.103 e. The first kappa shape index (κ1) is 12.4. The summed E-state index contributed by atoms with van der Waals surface area (Å²) in [4.78, 5) is 0. The standard InChI is InChI=1S/C8H16.C2H6/c1-3-5-7-8-6-4-2;1-2/h3H,1,4-8H2,2H3;1-2H3. The molecule has 62 valence electrons. The molecular weight excluding hydrogens is 120 g/mol. The third-order valence-corrected chi connectivity index (χ3v) is 1.26. The molecule has 0 nitrogen and oxygen atoms in total. The molecule has 0 rings (SSSR count). The van der Waals surface area contributed by atoms with Crippen LogP contribution in [0.25, 0.3) is 0 Å². The fourth-order valence-corrected chi connectivity index (χ4v) is 0.715. The van der Waals surface area contributed by atoms with Gasteiger partial charge >= 0.3 is 0 Å². The highest BCUT2D eigenvalue weighted by Gasteiger charge is 1.81. The minimum Gasteiger partial charge on any atom is -0.103 e. The fraction of sp³-hybridized carbons (Fsp3) is 0.800. The molecule has 0 aromatic carbocycles. The Labute approximate surface area is 66.3 Å². The van der Waals surface area contributed by atoms with Crippen molar-refractivity contribution in [2.24, 2.45) is 0 Å². The van der Waals surface area contributed by atoms with Gasteiger partial charge in [0.1, 0.15) is 0 Å². The highest BCUT2D eigenvalue weighted by molar-refractivity contribution is 4.64. The minimum atomic E-state index is 1.19. The van der Waals surface area contributed by atoms with Crippen molar-refractivity contribution in [3.63, 3.8) is 0 Å². The number of allylic oxidation sites excluding steroid dienone is 1. The maximum Gasteiger partial charge on any atom is -0.0353 e. The molecular formula is C10H22. The van der Waals surface area contributed by atoms with Crippen LogP contribution in [0.5, 0.6) is 0 Å². The summed E-state index contributed by atoms with van der Waals surface area (Å²) in [6.07, 6.45) is 8.61. The summed E-state index contributed by atoms with van der Waals surface area (Å²) in [5, 5.41) is 0. The van der Waals surface area contributed by atoms with Gasteiger partial charge in [0.25, 0.3) is 0 Å². The van der Waals surface area contributed by atoms with E-state index in [1.165, 1.54) is 32.1 Å². The molecule has 0 N–H and O–H groups in total. The van der Waals surface area contributed by atoms with Gasteiger partial charge in [0.05, 0.1) is 0 Å². The first-order valence-corrected chi connectivity index (χ1v) is 4.52. The van der Waals surface area contributed by atoms with Crippen LogP contribution in [0.3, 0.4) is 0 Å². The first-order chi connectivity index (χ1) is 4.91. The van der Waals surface area contributed by atoms with E-state index in [1.54, 1.807) is 0 Å². The summed E-state index contributed by atoms with van der Waals surface area (Å²) < 4.78 is 0. The van der Waals surface area contributed by atoms with Crippen LogP contribution in [0.4, 0.5) is 0 Å². The van der Waals surface area contributed by atoms with Gasteiger partial charge in [0.15, 0.2) is 0 Å². The topological polar surface area (TPSA) is 0 Å². The minimum absolute atomic E-state index is 1.19. The lowest BCUT2D eigenvalue weighted by molar-refractivity contribution is 0.675.